The highest BCUT2D eigenvalue weighted by atomic mass is 16.5. The van der Waals surface area contributed by atoms with Crippen LogP contribution in [0.25, 0.3) is 0 Å². The van der Waals surface area contributed by atoms with Gasteiger partial charge in [0.2, 0.25) is 0 Å². The molecule has 2 aliphatic rings. The molecule has 2 rings (SSSR count). The lowest BCUT2D eigenvalue weighted by molar-refractivity contribution is -0.0626. The Bertz CT molecular complexity index is 237. The Morgan fingerprint density at radius 3 is 2.72 bits per heavy atom. The molecule has 1 N–H and O–H groups in total. The topological polar surface area (TPSA) is 30.5 Å². The van der Waals surface area contributed by atoms with Crippen LogP contribution in [0, 0.1) is 0 Å². The Morgan fingerprint density at radius 2 is 2.00 bits per heavy atom. The minimum Gasteiger partial charge on any atom is -0.377 e. The maximum Gasteiger partial charge on any atom is 0.0708 e. The van der Waals surface area contributed by atoms with Gasteiger partial charge in [0.05, 0.1) is 24.4 Å². The molecule has 2 fully saturated rings. The summed E-state index contributed by atoms with van der Waals surface area (Å²) in [6.45, 7) is 6.88. The molecule has 1 aliphatic heterocycles. The molecule has 0 radical (unpaired) electrons. The van der Waals surface area contributed by atoms with E-state index in [2.05, 4.69) is 19.2 Å². The van der Waals surface area contributed by atoms with Crippen LogP contribution in [0.3, 0.4) is 0 Å². The van der Waals surface area contributed by atoms with Gasteiger partial charge < -0.3 is 14.8 Å². The summed E-state index contributed by atoms with van der Waals surface area (Å²) in [5, 5.41) is 3.45. The third-order valence-electron chi connectivity index (χ3n) is 4.21. The summed E-state index contributed by atoms with van der Waals surface area (Å²) in [5.74, 6) is 0. The molecular weight excluding hydrogens is 226 g/mol. The molecule has 1 unspecified atom stereocenters. The predicted octanol–water partition coefficient (Wildman–Crippen LogP) is 2.88. The van der Waals surface area contributed by atoms with Gasteiger partial charge in [-0.15, -0.1) is 0 Å². The van der Waals surface area contributed by atoms with Gasteiger partial charge in [-0.2, -0.15) is 0 Å². The molecule has 1 spiro atoms. The van der Waals surface area contributed by atoms with Gasteiger partial charge in [0.1, 0.15) is 0 Å². The molecular formula is C15H29NO2. The lowest BCUT2D eigenvalue weighted by Crippen LogP contribution is -2.35. The first kappa shape index (κ1) is 14.3. The zero-order valence-electron chi connectivity index (χ0n) is 12.0. The van der Waals surface area contributed by atoms with Crippen molar-refractivity contribution in [1.82, 2.24) is 5.32 Å². The van der Waals surface area contributed by atoms with Gasteiger partial charge in [0.15, 0.2) is 0 Å². The second kappa shape index (κ2) is 6.88. The lowest BCUT2D eigenvalue weighted by Gasteiger charge is -2.33. The maximum atomic E-state index is 6.31. The monoisotopic (exact) mass is 255 g/mol. The normalized spacial score (nSPS) is 27.2. The average Bonchev–Trinajstić information content (AvgIpc) is 2.72. The fourth-order valence-electron chi connectivity index (χ4n) is 3.23. The van der Waals surface area contributed by atoms with Crippen molar-refractivity contribution in [3.8, 4) is 0 Å². The standard InChI is InChI=1S/C15H29NO2/c1-13(2)17-11-10-16-12-14-6-9-15(18-14)7-4-3-5-8-15/h13-14,16H,3-12H2,1-2H3. The fraction of sp³-hybridized carbons (Fsp3) is 1.00. The quantitative estimate of drug-likeness (QED) is 0.740. The molecule has 1 saturated carbocycles. The van der Waals surface area contributed by atoms with Crippen LogP contribution < -0.4 is 5.32 Å². The van der Waals surface area contributed by atoms with E-state index in [0.29, 0.717) is 12.2 Å². The van der Waals surface area contributed by atoms with Crippen LogP contribution in [-0.4, -0.2) is 37.5 Å². The molecule has 1 saturated heterocycles. The third-order valence-corrected chi connectivity index (χ3v) is 4.21. The number of ether oxygens (including phenoxy) is 2. The van der Waals surface area contributed by atoms with Crippen LogP contribution in [-0.2, 0) is 9.47 Å². The van der Waals surface area contributed by atoms with Crippen molar-refractivity contribution in [2.75, 3.05) is 19.7 Å². The first-order valence-electron chi connectivity index (χ1n) is 7.70. The van der Waals surface area contributed by atoms with Crippen molar-refractivity contribution in [3.63, 3.8) is 0 Å². The molecule has 1 atom stereocenters. The fourth-order valence-corrected chi connectivity index (χ4v) is 3.23. The Morgan fingerprint density at radius 1 is 1.22 bits per heavy atom. The van der Waals surface area contributed by atoms with E-state index in [1.165, 1.54) is 44.9 Å². The molecule has 0 bridgehead atoms. The van der Waals surface area contributed by atoms with Crippen molar-refractivity contribution in [1.29, 1.82) is 0 Å². The van der Waals surface area contributed by atoms with E-state index >= 15 is 0 Å². The van der Waals surface area contributed by atoms with E-state index < -0.39 is 0 Å². The molecule has 0 aromatic rings. The molecule has 106 valence electrons. The summed E-state index contributed by atoms with van der Waals surface area (Å²) >= 11 is 0. The number of hydrogen-bond donors (Lipinski definition) is 1. The largest absolute Gasteiger partial charge is 0.377 e. The average molecular weight is 255 g/mol. The van der Waals surface area contributed by atoms with E-state index in [4.69, 9.17) is 9.47 Å². The summed E-state index contributed by atoms with van der Waals surface area (Å²) in [6, 6.07) is 0. The van der Waals surface area contributed by atoms with Gasteiger partial charge in [-0.05, 0) is 39.5 Å². The minimum absolute atomic E-state index is 0.263. The van der Waals surface area contributed by atoms with Gasteiger partial charge in [0, 0.05) is 13.1 Å². The van der Waals surface area contributed by atoms with Crippen molar-refractivity contribution in [2.24, 2.45) is 0 Å². The van der Waals surface area contributed by atoms with E-state index in [9.17, 15) is 0 Å². The first-order chi connectivity index (χ1) is 8.70. The first-order valence-corrected chi connectivity index (χ1v) is 7.70. The van der Waals surface area contributed by atoms with Crippen LogP contribution in [0.5, 0.6) is 0 Å². The van der Waals surface area contributed by atoms with Crippen LogP contribution in [0.4, 0.5) is 0 Å². The van der Waals surface area contributed by atoms with Crippen LogP contribution in [0.15, 0.2) is 0 Å². The van der Waals surface area contributed by atoms with Gasteiger partial charge >= 0.3 is 0 Å². The number of hydrogen-bond acceptors (Lipinski definition) is 3. The highest BCUT2D eigenvalue weighted by Crippen LogP contribution is 2.41. The highest BCUT2D eigenvalue weighted by molar-refractivity contribution is 4.91. The van der Waals surface area contributed by atoms with Crippen molar-refractivity contribution < 1.29 is 9.47 Å². The summed E-state index contributed by atoms with van der Waals surface area (Å²) in [5.41, 5.74) is 0.263. The summed E-state index contributed by atoms with van der Waals surface area (Å²) < 4.78 is 11.8. The van der Waals surface area contributed by atoms with Crippen LogP contribution in [0.2, 0.25) is 0 Å². The van der Waals surface area contributed by atoms with Gasteiger partial charge in [-0.1, -0.05) is 19.3 Å². The smallest absolute Gasteiger partial charge is 0.0708 e. The summed E-state index contributed by atoms with van der Waals surface area (Å²) in [6.07, 6.45) is 9.99. The second-order valence-electron chi connectivity index (χ2n) is 6.15. The number of nitrogens with one attached hydrogen (secondary N) is 1. The third kappa shape index (κ3) is 4.22. The molecule has 0 aromatic heterocycles. The molecule has 1 aliphatic carbocycles. The predicted molar refractivity (Wildman–Crippen MR) is 73.9 cm³/mol. The summed E-state index contributed by atoms with van der Waals surface area (Å²) in [7, 11) is 0. The Kier molecular flexibility index (Phi) is 5.46. The van der Waals surface area contributed by atoms with Crippen LogP contribution >= 0.6 is 0 Å². The van der Waals surface area contributed by atoms with E-state index in [1.54, 1.807) is 0 Å². The summed E-state index contributed by atoms with van der Waals surface area (Å²) in [4.78, 5) is 0. The molecule has 3 heteroatoms. The molecule has 0 aromatic carbocycles. The lowest BCUT2D eigenvalue weighted by atomic mass is 9.83. The van der Waals surface area contributed by atoms with Crippen molar-refractivity contribution in [2.45, 2.75) is 76.6 Å². The Labute approximate surface area is 112 Å². The van der Waals surface area contributed by atoms with Gasteiger partial charge in [0.25, 0.3) is 0 Å². The Balaban J connectivity index is 1.58. The molecule has 3 nitrogen and oxygen atoms in total. The Hall–Kier alpha value is -0.120. The van der Waals surface area contributed by atoms with E-state index in [1.807, 2.05) is 0 Å². The number of rotatable bonds is 6. The minimum atomic E-state index is 0.263. The second-order valence-corrected chi connectivity index (χ2v) is 6.15. The molecule has 18 heavy (non-hydrogen) atoms. The van der Waals surface area contributed by atoms with Gasteiger partial charge in [-0.3, -0.25) is 0 Å². The van der Waals surface area contributed by atoms with Crippen molar-refractivity contribution >= 4 is 0 Å². The van der Waals surface area contributed by atoms with Crippen molar-refractivity contribution in [3.05, 3.63) is 0 Å². The zero-order valence-corrected chi connectivity index (χ0v) is 12.0. The zero-order chi connectivity index (χ0) is 12.8. The van der Waals surface area contributed by atoms with Gasteiger partial charge in [-0.25, -0.2) is 0 Å². The SMILES string of the molecule is CC(C)OCCNCC1CCC2(CCCCC2)O1. The molecule has 1 heterocycles. The van der Waals surface area contributed by atoms with E-state index in [-0.39, 0.29) is 5.60 Å². The highest BCUT2D eigenvalue weighted by Gasteiger charge is 2.40. The maximum absolute atomic E-state index is 6.31. The molecule has 0 amide bonds. The van der Waals surface area contributed by atoms with Crippen LogP contribution in [0.1, 0.15) is 58.8 Å². The van der Waals surface area contributed by atoms with E-state index in [0.717, 1.165) is 19.7 Å².